The first kappa shape index (κ1) is 15.7. The van der Waals surface area contributed by atoms with Gasteiger partial charge in [-0.15, -0.1) is 0 Å². The van der Waals surface area contributed by atoms with E-state index in [4.69, 9.17) is 0 Å². The van der Waals surface area contributed by atoms with E-state index in [1.807, 2.05) is 6.92 Å². The van der Waals surface area contributed by atoms with Crippen molar-refractivity contribution < 1.29 is 9.18 Å². The summed E-state index contributed by atoms with van der Waals surface area (Å²) >= 11 is 0. The van der Waals surface area contributed by atoms with Crippen molar-refractivity contribution in [2.24, 2.45) is 5.41 Å². The average molecular weight is 293 g/mol. The van der Waals surface area contributed by atoms with Crippen molar-refractivity contribution in [1.29, 1.82) is 0 Å². The molecule has 0 radical (unpaired) electrons. The SMILES string of the molecule is CCCNc1nccc(C(=O)NCC2(C)CCCC2)c1F. The molecule has 1 aliphatic rings. The van der Waals surface area contributed by atoms with E-state index in [0.29, 0.717) is 13.1 Å². The van der Waals surface area contributed by atoms with Crippen molar-refractivity contribution >= 4 is 11.7 Å². The zero-order chi connectivity index (χ0) is 15.3. The molecule has 0 spiro atoms. The van der Waals surface area contributed by atoms with Gasteiger partial charge in [0.2, 0.25) is 0 Å². The van der Waals surface area contributed by atoms with Gasteiger partial charge in [0.15, 0.2) is 11.6 Å². The Hall–Kier alpha value is -1.65. The van der Waals surface area contributed by atoms with Crippen molar-refractivity contribution in [3.05, 3.63) is 23.6 Å². The van der Waals surface area contributed by atoms with E-state index < -0.39 is 5.82 Å². The fourth-order valence-electron chi connectivity index (χ4n) is 2.78. The minimum atomic E-state index is -0.569. The van der Waals surface area contributed by atoms with Gasteiger partial charge >= 0.3 is 0 Å². The van der Waals surface area contributed by atoms with Gasteiger partial charge in [0.1, 0.15) is 0 Å². The second kappa shape index (κ2) is 6.87. The largest absolute Gasteiger partial charge is 0.368 e. The summed E-state index contributed by atoms with van der Waals surface area (Å²) in [6.07, 6.45) is 7.00. The van der Waals surface area contributed by atoms with Gasteiger partial charge in [-0.05, 0) is 30.7 Å². The number of nitrogens with zero attached hydrogens (tertiary/aromatic N) is 1. The molecule has 1 saturated carbocycles. The Labute approximate surface area is 125 Å². The van der Waals surface area contributed by atoms with E-state index in [0.717, 1.165) is 19.3 Å². The van der Waals surface area contributed by atoms with Crippen molar-refractivity contribution in [1.82, 2.24) is 10.3 Å². The van der Waals surface area contributed by atoms with Crippen LogP contribution in [0.3, 0.4) is 0 Å². The Morgan fingerprint density at radius 1 is 1.43 bits per heavy atom. The molecule has 4 nitrogen and oxygen atoms in total. The summed E-state index contributed by atoms with van der Waals surface area (Å²) in [4.78, 5) is 16.1. The number of carbonyl (C=O) groups is 1. The first-order valence-corrected chi connectivity index (χ1v) is 7.72. The summed E-state index contributed by atoms with van der Waals surface area (Å²) in [5.41, 5.74) is 0.216. The van der Waals surface area contributed by atoms with Gasteiger partial charge in [-0.2, -0.15) is 0 Å². The third-order valence-electron chi connectivity index (χ3n) is 4.16. The van der Waals surface area contributed by atoms with E-state index in [1.54, 1.807) is 0 Å². The number of amides is 1. The number of anilines is 1. The van der Waals surface area contributed by atoms with Crippen LogP contribution in [0.2, 0.25) is 0 Å². The zero-order valence-electron chi connectivity index (χ0n) is 12.8. The number of hydrogen-bond donors (Lipinski definition) is 2. The molecule has 0 saturated heterocycles. The molecule has 1 fully saturated rings. The van der Waals surface area contributed by atoms with Gasteiger partial charge in [-0.1, -0.05) is 26.7 Å². The number of nitrogens with one attached hydrogen (secondary N) is 2. The zero-order valence-corrected chi connectivity index (χ0v) is 12.8. The van der Waals surface area contributed by atoms with Crippen LogP contribution in [0.15, 0.2) is 12.3 Å². The van der Waals surface area contributed by atoms with E-state index in [1.165, 1.54) is 25.1 Å². The highest BCUT2D eigenvalue weighted by molar-refractivity contribution is 5.95. The van der Waals surface area contributed by atoms with Crippen LogP contribution < -0.4 is 10.6 Å². The van der Waals surface area contributed by atoms with E-state index >= 15 is 0 Å². The highest BCUT2D eigenvalue weighted by atomic mass is 19.1. The van der Waals surface area contributed by atoms with Crippen LogP contribution >= 0.6 is 0 Å². The Balaban J connectivity index is 2.01. The van der Waals surface area contributed by atoms with Crippen LogP contribution in [0, 0.1) is 11.2 Å². The van der Waals surface area contributed by atoms with Gasteiger partial charge in [0.25, 0.3) is 5.91 Å². The predicted molar refractivity (Wildman–Crippen MR) is 81.9 cm³/mol. The van der Waals surface area contributed by atoms with E-state index in [2.05, 4.69) is 22.5 Å². The third kappa shape index (κ3) is 3.93. The maximum absolute atomic E-state index is 14.3. The highest BCUT2D eigenvalue weighted by Gasteiger charge is 2.29. The summed E-state index contributed by atoms with van der Waals surface area (Å²) < 4.78 is 14.3. The fraction of sp³-hybridized carbons (Fsp3) is 0.625. The Morgan fingerprint density at radius 2 is 2.14 bits per heavy atom. The number of carbonyl (C=O) groups excluding carboxylic acids is 1. The van der Waals surface area contributed by atoms with Crippen molar-refractivity contribution in [2.75, 3.05) is 18.4 Å². The van der Waals surface area contributed by atoms with Gasteiger partial charge in [0.05, 0.1) is 5.56 Å². The molecule has 1 heterocycles. The Kier molecular flexibility index (Phi) is 5.15. The molecule has 116 valence electrons. The van der Waals surface area contributed by atoms with E-state index in [-0.39, 0.29) is 22.7 Å². The predicted octanol–water partition coefficient (Wildman–Crippen LogP) is 3.35. The highest BCUT2D eigenvalue weighted by Crippen LogP contribution is 2.36. The number of halogens is 1. The summed E-state index contributed by atoms with van der Waals surface area (Å²) in [5.74, 6) is -0.779. The molecule has 0 aromatic carbocycles. The molecule has 0 bridgehead atoms. The smallest absolute Gasteiger partial charge is 0.254 e. The van der Waals surface area contributed by atoms with Crippen molar-refractivity contribution in [2.45, 2.75) is 46.0 Å². The molecule has 0 atom stereocenters. The van der Waals surface area contributed by atoms with Crippen LogP contribution in [0.5, 0.6) is 0 Å². The molecule has 1 amide bonds. The van der Waals surface area contributed by atoms with Crippen molar-refractivity contribution in [3.63, 3.8) is 0 Å². The maximum Gasteiger partial charge on any atom is 0.254 e. The van der Waals surface area contributed by atoms with Crippen LogP contribution in [-0.4, -0.2) is 24.0 Å². The quantitative estimate of drug-likeness (QED) is 0.845. The normalized spacial score (nSPS) is 16.7. The molecule has 1 aliphatic carbocycles. The van der Waals surface area contributed by atoms with Crippen LogP contribution in [-0.2, 0) is 0 Å². The molecule has 0 aliphatic heterocycles. The monoisotopic (exact) mass is 293 g/mol. The summed E-state index contributed by atoms with van der Waals surface area (Å²) in [6, 6.07) is 1.43. The first-order valence-electron chi connectivity index (χ1n) is 7.72. The first-order chi connectivity index (χ1) is 10.1. The molecular formula is C16H24FN3O. The lowest BCUT2D eigenvalue weighted by atomic mass is 9.89. The lowest BCUT2D eigenvalue weighted by Gasteiger charge is -2.23. The molecule has 5 heteroatoms. The number of pyridine rings is 1. The third-order valence-corrected chi connectivity index (χ3v) is 4.16. The van der Waals surface area contributed by atoms with Gasteiger partial charge < -0.3 is 10.6 Å². The van der Waals surface area contributed by atoms with Gasteiger partial charge in [-0.25, -0.2) is 9.37 Å². The van der Waals surface area contributed by atoms with E-state index in [9.17, 15) is 9.18 Å². The molecular weight excluding hydrogens is 269 g/mol. The second-order valence-corrected chi connectivity index (χ2v) is 6.15. The Bertz CT molecular complexity index is 498. The minimum absolute atomic E-state index is 0.0604. The number of hydrogen-bond acceptors (Lipinski definition) is 3. The summed E-state index contributed by atoms with van der Waals surface area (Å²) in [7, 11) is 0. The second-order valence-electron chi connectivity index (χ2n) is 6.15. The average Bonchev–Trinajstić information content (AvgIpc) is 2.91. The Morgan fingerprint density at radius 3 is 2.81 bits per heavy atom. The molecule has 1 aromatic rings. The number of aromatic nitrogens is 1. The lowest BCUT2D eigenvalue weighted by Crippen LogP contribution is -2.34. The molecule has 2 N–H and O–H groups in total. The summed E-state index contributed by atoms with van der Waals surface area (Å²) in [5, 5.41) is 5.77. The number of rotatable bonds is 6. The van der Waals surface area contributed by atoms with Gasteiger partial charge in [0, 0.05) is 19.3 Å². The van der Waals surface area contributed by atoms with Crippen molar-refractivity contribution in [3.8, 4) is 0 Å². The lowest BCUT2D eigenvalue weighted by molar-refractivity contribution is 0.0930. The molecule has 2 rings (SSSR count). The van der Waals surface area contributed by atoms with Crippen LogP contribution in [0.25, 0.3) is 0 Å². The minimum Gasteiger partial charge on any atom is -0.368 e. The van der Waals surface area contributed by atoms with Crippen LogP contribution in [0.4, 0.5) is 10.2 Å². The fourth-order valence-corrected chi connectivity index (χ4v) is 2.78. The molecule has 21 heavy (non-hydrogen) atoms. The summed E-state index contributed by atoms with van der Waals surface area (Å²) in [6.45, 7) is 5.40. The molecule has 1 aromatic heterocycles. The van der Waals surface area contributed by atoms with Gasteiger partial charge in [-0.3, -0.25) is 4.79 Å². The topological polar surface area (TPSA) is 54.0 Å². The van der Waals surface area contributed by atoms with Crippen LogP contribution in [0.1, 0.15) is 56.3 Å². The maximum atomic E-state index is 14.3. The molecule has 0 unspecified atom stereocenters. The standard InChI is InChI=1S/C16H24FN3O/c1-3-9-18-14-13(17)12(6-10-19-14)15(21)20-11-16(2)7-4-5-8-16/h6,10H,3-5,7-9,11H2,1-2H3,(H,18,19)(H,20,21).